The van der Waals surface area contributed by atoms with Crippen molar-refractivity contribution in [1.29, 1.82) is 0 Å². The van der Waals surface area contributed by atoms with Crippen molar-refractivity contribution in [2.45, 2.75) is 5.75 Å². The van der Waals surface area contributed by atoms with Crippen molar-refractivity contribution in [3.63, 3.8) is 0 Å². The first-order chi connectivity index (χ1) is 12.4. The van der Waals surface area contributed by atoms with E-state index in [-0.39, 0.29) is 5.75 Å². The van der Waals surface area contributed by atoms with E-state index in [1.807, 2.05) is 44.4 Å². The van der Waals surface area contributed by atoms with Gasteiger partial charge in [0.1, 0.15) is 0 Å². The fraction of sp³-hybridized carbons (Fsp3) is 0.368. The normalized spacial score (nSPS) is 14.6. The summed E-state index contributed by atoms with van der Waals surface area (Å²) in [4.78, 5) is 4.37. The number of benzene rings is 2. The molecule has 1 heterocycles. The summed E-state index contributed by atoms with van der Waals surface area (Å²) in [5, 5.41) is 0.481. The highest BCUT2D eigenvalue weighted by atomic mass is 35.5. The smallest absolute Gasteiger partial charge is 0.239 e. The van der Waals surface area contributed by atoms with Crippen LogP contribution < -0.4 is 9.21 Å². The third-order valence-corrected chi connectivity index (χ3v) is 6.61. The van der Waals surface area contributed by atoms with Crippen LogP contribution in [0.4, 0.5) is 11.4 Å². The number of para-hydroxylation sites is 2. The number of anilines is 2. The van der Waals surface area contributed by atoms with Crippen LogP contribution in [-0.4, -0.2) is 53.6 Å². The van der Waals surface area contributed by atoms with Crippen LogP contribution in [0.25, 0.3) is 0 Å². The highest BCUT2D eigenvalue weighted by Gasteiger charge is 2.30. The third kappa shape index (κ3) is 4.14. The molecule has 0 atom stereocenters. The van der Waals surface area contributed by atoms with Gasteiger partial charge in [-0.3, -0.25) is 4.31 Å². The summed E-state index contributed by atoms with van der Waals surface area (Å²) in [6.07, 6.45) is 0. The molecule has 0 aliphatic carbocycles. The molecule has 0 unspecified atom stereocenters. The van der Waals surface area contributed by atoms with Crippen LogP contribution in [0.1, 0.15) is 5.56 Å². The Morgan fingerprint density at radius 2 is 1.65 bits per heavy atom. The van der Waals surface area contributed by atoms with Crippen molar-refractivity contribution < 1.29 is 8.42 Å². The van der Waals surface area contributed by atoms with Crippen molar-refractivity contribution in [1.82, 2.24) is 4.90 Å². The lowest BCUT2D eigenvalue weighted by atomic mass is 10.2. The molecule has 0 amide bonds. The lowest BCUT2D eigenvalue weighted by molar-refractivity contribution is 0.413. The molecular weight excluding hydrogens is 370 g/mol. The molecule has 2 aromatic carbocycles. The van der Waals surface area contributed by atoms with Gasteiger partial charge < -0.3 is 9.80 Å². The average molecular weight is 394 g/mol. The van der Waals surface area contributed by atoms with E-state index in [1.165, 1.54) is 4.31 Å². The summed E-state index contributed by atoms with van der Waals surface area (Å²) in [6.45, 7) is 2.90. The highest BCUT2D eigenvalue weighted by molar-refractivity contribution is 7.92. The van der Waals surface area contributed by atoms with E-state index in [0.29, 0.717) is 23.7 Å². The molecule has 0 fully saturated rings. The van der Waals surface area contributed by atoms with Gasteiger partial charge in [-0.2, -0.15) is 0 Å². The second-order valence-corrected chi connectivity index (χ2v) is 9.00. The van der Waals surface area contributed by atoms with Crippen LogP contribution in [0, 0.1) is 0 Å². The minimum absolute atomic E-state index is 0.0985. The standard InChI is InChI=1S/C19H24ClN3O2S/c1-21(2)11-12-22-13-14-23(19-10-6-5-9-18(19)22)26(24,25)15-16-7-3-4-8-17(16)20/h3-10H,11-15H2,1-2H3. The molecule has 0 radical (unpaired) electrons. The second-order valence-electron chi connectivity index (χ2n) is 6.70. The van der Waals surface area contributed by atoms with Crippen LogP contribution in [0.3, 0.4) is 0 Å². The van der Waals surface area contributed by atoms with Gasteiger partial charge in [0.15, 0.2) is 0 Å². The van der Waals surface area contributed by atoms with E-state index in [9.17, 15) is 8.42 Å². The Hall–Kier alpha value is -1.76. The topological polar surface area (TPSA) is 43.9 Å². The van der Waals surface area contributed by atoms with Gasteiger partial charge >= 0.3 is 0 Å². The Kier molecular flexibility index (Phi) is 5.75. The molecule has 0 saturated carbocycles. The molecule has 1 aliphatic rings. The van der Waals surface area contributed by atoms with E-state index in [4.69, 9.17) is 11.6 Å². The predicted molar refractivity (Wildman–Crippen MR) is 109 cm³/mol. The molecule has 3 rings (SSSR count). The van der Waals surface area contributed by atoms with E-state index < -0.39 is 10.0 Å². The SMILES string of the molecule is CN(C)CCN1CCN(S(=O)(=O)Cc2ccccc2Cl)c2ccccc21. The summed E-state index contributed by atoms with van der Waals surface area (Å²) in [7, 11) is 0.561. The van der Waals surface area contributed by atoms with Gasteiger partial charge in [0.25, 0.3) is 0 Å². The maximum Gasteiger partial charge on any atom is 0.239 e. The number of hydrogen-bond donors (Lipinski definition) is 0. The van der Waals surface area contributed by atoms with Crippen LogP contribution in [0.5, 0.6) is 0 Å². The van der Waals surface area contributed by atoms with Crippen LogP contribution in [0.2, 0.25) is 5.02 Å². The van der Waals surface area contributed by atoms with Gasteiger partial charge in [-0.1, -0.05) is 41.9 Å². The van der Waals surface area contributed by atoms with E-state index in [1.54, 1.807) is 18.2 Å². The molecule has 2 aromatic rings. The van der Waals surface area contributed by atoms with Gasteiger partial charge in [0.05, 0.1) is 23.7 Å². The zero-order valence-electron chi connectivity index (χ0n) is 15.1. The molecule has 0 bridgehead atoms. The Bertz CT molecular complexity index is 871. The van der Waals surface area contributed by atoms with E-state index in [2.05, 4.69) is 9.80 Å². The highest BCUT2D eigenvalue weighted by Crippen LogP contribution is 2.35. The molecule has 0 aromatic heterocycles. The van der Waals surface area contributed by atoms with Gasteiger partial charge in [-0.25, -0.2) is 8.42 Å². The van der Waals surface area contributed by atoms with Crippen molar-refractivity contribution >= 4 is 33.0 Å². The lowest BCUT2D eigenvalue weighted by Gasteiger charge is -2.38. The zero-order chi connectivity index (χ0) is 18.7. The molecule has 0 spiro atoms. The summed E-state index contributed by atoms with van der Waals surface area (Å²) < 4.78 is 27.7. The van der Waals surface area contributed by atoms with Crippen molar-refractivity contribution in [2.75, 3.05) is 49.5 Å². The molecule has 0 N–H and O–H groups in total. The average Bonchev–Trinajstić information content (AvgIpc) is 2.61. The summed E-state index contributed by atoms with van der Waals surface area (Å²) in [6, 6.07) is 14.8. The largest absolute Gasteiger partial charge is 0.367 e. The number of nitrogens with zero attached hydrogens (tertiary/aromatic N) is 3. The maximum absolute atomic E-state index is 13.1. The van der Waals surface area contributed by atoms with Crippen LogP contribution in [-0.2, 0) is 15.8 Å². The molecule has 26 heavy (non-hydrogen) atoms. The molecule has 140 valence electrons. The Morgan fingerprint density at radius 3 is 2.35 bits per heavy atom. The molecule has 5 nitrogen and oxygen atoms in total. The fourth-order valence-electron chi connectivity index (χ4n) is 3.13. The van der Waals surface area contributed by atoms with Gasteiger partial charge in [0, 0.05) is 24.7 Å². The number of sulfonamides is 1. The monoisotopic (exact) mass is 393 g/mol. The number of rotatable bonds is 6. The minimum atomic E-state index is -3.52. The van der Waals surface area contributed by atoms with Crippen molar-refractivity contribution in [3.05, 3.63) is 59.1 Å². The first-order valence-corrected chi connectivity index (χ1v) is 10.6. The van der Waals surface area contributed by atoms with Gasteiger partial charge in [-0.15, -0.1) is 0 Å². The zero-order valence-corrected chi connectivity index (χ0v) is 16.7. The number of hydrogen-bond acceptors (Lipinski definition) is 4. The maximum atomic E-state index is 13.1. The molecular formula is C19H24ClN3O2S. The molecule has 7 heteroatoms. The molecule has 1 aliphatic heterocycles. The third-order valence-electron chi connectivity index (χ3n) is 4.51. The van der Waals surface area contributed by atoms with Crippen LogP contribution in [0.15, 0.2) is 48.5 Å². The summed E-state index contributed by atoms with van der Waals surface area (Å²) >= 11 is 6.17. The Labute approximate surface area is 160 Å². The number of fused-ring (bicyclic) bond motifs is 1. The molecule has 0 saturated heterocycles. The first kappa shape index (κ1) is 19.0. The number of likely N-dealkylation sites (N-methyl/N-ethyl adjacent to an activating group) is 1. The van der Waals surface area contributed by atoms with E-state index in [0.717, 1.165) is 24.5 Å². The second kappa shape index (κ2) is 7.86. The van der Waals surface area contributed by atoms with Crippen molar-refractivity contribution in [2.24, 2.45) is 0 Å². The van der Waals surface area contributed by atoms with Gasteiger partial charge in [-0.05, 0) is 37.9 Å². The quantitative estimate of drug-likeness (QED) is 0.756. The van der Waals surface area contributed by atoms with Gasteiger partial charge in [0.2, 0.25) is 10.0 Å². The predicted octanol–water partition coefficient (Wildman–Crippen LogP) is 3.06. The first-order valence-electron chi connectivity index (χ1n) is 8.61. The minimum Gasteiger partial charge on any atom is -0.367 e. The van der Waals surface area contributed by atoms with E-state index >= 15 is 0 Å². The van der Waals surface area contributed by atoms with Crippen LogP contribution >= 0.6 is 11.6 Å². The Morgan fingerprint density at radius 1 is 1.00 bits per heavy atom. The lowest BCUT2D eigenvalue weighted by Crippen LogP contribution is -2.46. The fourth-order valence-corrected chi connectivity index (χ4v) is 5.02. The summed E-state index contributed by atoms with van der Waals surface area (Å²) in [5.74, 6) is -0.0985. The van der Waals surface area contributed by atoms with Crippen molar-refractivity contribution in [3.8, 4) is 0 Å². The summed E-state index contributed by atoms with van der Waals surface area (Å²) in [5.41, 5.74) is 2.33. The Balaban J connectivity index is 1.88. The number of halogens is 1.